The summed E-state index contributed by atoms with van der Waals surface area (Å²) in [6.45, 7) is 9.69. The molecule has 1 fully saturated rings. The molecule has 3 aromatic rings. The highest BCUT2D eigenvalue weighted by Crippen LogP contribution is 2.33. The van der Waals surface area contributed by atoms with E-state index in [0.717, 1.165) is 43.3 Å². The molecule has 4 rings (SSSR count). The number of carbonyl (C=O) groups is 1. The maximum absolute atomic E-state index is 12.8. The van der Waals surface area contributed by atoms with Crippen LogP contribution in [0.15, 0.2) is 5.38 Å². The largest absolute Gasteiger partial charge is 0.340 e. The van der Waals surface area contributed by atoms with Gasteiger partial charge in [-0.25, -0.2) is 14.6 Å². The van der Waals surface area contributed by atoms with E-state index >= 15 is 0 Å². The number of hydrogen-bond donors (Lipinski definition) is 0. The number of rotatable bonds is 3. The third kappa shape index (κ3) is 2.92. The molecule has 0 unspecified atom stereocenters. The van der Waals surface area contributed by atoms with Crippen LogP contribution < -0.4 is 0 Å². The van der Waals surface area contributed by atoms with Crippen LogP contribution in [-0.4, -0.2) is 48.0 Å². The molecule has 0 bridgehead atoms. The van der Waals surface area contributed by atoms with E-state index in [1.807, 2.05) is 18.7 Å². The molecule has 8 heteroatoms. The fourth-order valence-corrected chi connectivity index (χ4v) is 4.99. The zero-order valence-electron chi connectivity index (χ0n) is 15.7. The van der Waals surface area contributed by atoms with E-state index in [9.17, 15) is 4.79 Å². The summed E-state index contributed by atoms with van der Waals surface area (Å²) < 4.78 is 3.92. The zero-order valence-corrected chi connectivity index (χ0v) is 16.5. The summed E-state index contributed by atoms with van der Waals surface area (Å²) in [6, 6.07) is 0. The minimum absolute atomic E-state index is 0.109. The van der Waals surface area contributed by atoms with E-state index in [1.54, 1.807) is 16.0 Å². The molecule has 1 aliphatic heterocycles. The van der Waals surface area contributed by atoms with Gasteiger partial charge in [-0.1, -0.05) is 0 Å². The van der Waals surface area contributed by atoms with Gasteiger partial charge in [0.05, 0.1) is 5.69 Å². The Kier molecular flexibility index (Phi) is 4.30. The van der Waals surface area contributed by atoms with Gasteiger partial charge in [0, 0.05) is 30.1 Å². The third-order valence-electron chi connectivity index (χ3n) is 5.13. The number of thiazole rings is 1. The number of nitrogens with zero attached hydrogens (tertiary/aromatic N) is 6. The Morgan fingerprint density at radius 3 is 2.77 bits per heavy atom. The molecule has 26 heavy (non-hydrogen) atoms. The molecule has 4 heterocycles. The third-order valence-corrected chi connectivity index (χ3v) is 6.20. The molecular weight excluding hydrogens is 348 g/mol. The van der Waals surface area contributed by atoms with Crippen LogP contribution in [0.3, 0.4) is 0 Å². The molecule has 0 aromatic carbocycles. The Balaban J connectivity index is 1.53. The number of fused-ring (bicyclic) bond motifs is 1. The van der Waals surface area contributed by atoms with Crippen molar-refractivity contribution in [3.63, 3.8) is 0 Å². The van der Waals surface area contributed by atoms with Crippen LogP contribution in [0.5, 0.6) is 0 Å². The molecule has 1 amide bonds. The maximum atomic E-state index is 12.8. The van der Waals surface area contributed by atoms with Gasteiger partial charge in [-0.3, -0.25) is 9.20 Å². The number of imidazole rings is 1. The number of hydrogen-bond acceptors (Lipinski definition) is 5. The summed E-state index contributed by atoms with van der Waals surface area (Å²) >= 11 is 1.75. The van der Waals surface area contributed by atoms with Gasteiger partial charge < -0.3 is 4.90 Å². The fraction of sp³-hybridized carbons (Fsp3) is 0.556. The predicted octanol–water partition coefficient (Wildman–Crippen LogP) is 2.63. The van der Waals surface area contributed by atoms with Gasteiger partial charge in [-0.05, 0) is 40.5 Å². The highest BCUT2D eigenvalue weighted by Gasteiger charge is 2.29. The first-order valence-electron chi connectivity index (χ1n) is 9.03. The van der Waals surface area contributed by atoms with Gasteiger partial charge in [-0.15, -0.1) is 11.3 Å². The highest BCUT2D eigenvalue weighted by molar-refractivity contribution is 7.15. The first kappa shape index (κ1) is 17.2. The Bertz CT molecular complexity index is 968. The van der Waals surface area contributed by atoms with Crippen molar-refractivity contribution >= 4 is 22.1 Å². The van der Waals surface area contributed by atoms with Crippen molar-refractivity contribution in [1.29, 1.82) is 0 Å². The average Bonchev–Trinajstić information content (AvgIpc) is 3.25. The van der Waals surface area contributed by atoms with E-state index in [-0.39, 0.29) is 12.5 Å². The molecule has 0 aliphatic carbocycles. The van der Waals surface area contributed by atoms with Crippen molar-refractivity contribution < 1.29 is 4.79 Å². The second-order valence-corrected chi connectivity index (χ2v) is 7.96. The molecule has 7 nitrogen and oxygen atoms in total. The molecule has 1 atom stereocenters. The van der Waals surface area contributed by atoms with Gasteiger partial charge in [0.2, 0.25) is 5.91 Å². The van der Waals surface area contributed by atoms with Crippen LogP contribution in [-0.2, 0) is 11.3 Å². The topological polar surface area (TPSA) is 68.3 Å². The number of amides is 1. The summed E-state index contributed by atoms with van der Waals surface area (Å²) in [5, 5.41) is 6.49. The maximum Gasteiger partial charge on any atom is 0.244 e. The predicted molar refractivity (Wildman–Crippen MR) is 101 cm³/mol. The highest BCUT2D eigenvalue weighted by atomic mass is 32.1. The lowest BCUT2D eigenvalue weighted by molar-refractivity contribution is -0.133. The van der Waals surface area contributed by atoms with Crippen LogP contribution in [0.25, 0.3) is 4.83 Å². The summed E-state index contributed by atoms with van der Waals surface area (Å²) in [5.74, 6) is 2.93. The summed E-state index contributed by atoms with van der Waals surface area (Å²) in [7, 11) is 0. The fourth-order valence-electron chi connectivity index (χ4n) is 3.89. The quantitative estimate of drug-likeness (QED) is 0.709. The van der Waals surface area contributed by atoms with Crippen molar-refractivity contribution in [2.75, 3.05) is 13.1 Å². The Morgan fingerprint density at radius 2 is 2.04 bits per heavy atom. The van der Waals surface area contributed by atoms with E-state index in [0.29, 0.717) is 11.7 Å². The number of likely N-dealkylation sites (tertiary alicyclic amines) is 1. The summed E-state index contributed by atoms with van der Waals surface area (Å²) in [5.41, 5.74) is 2.37. The minimum atomic E-state index is 0.109. The molecule has 0 saturated carbocycles. The lowest BCUT2D eigenvalue weighted by Gasteiger charge is -2.32. The second kappa shape index (κ2) is 6.50. The van der Waals surface area contributed by atoms with Gasteiger partial charge >= 0.3 is 0 Å². The molecule has 138 valence electrons. The number of carbonyl (C=O) groups excluding carboxylic acids is 1. The van der Waals surface area contributed by atoms with Crippen LogP contribution in [0.2, 0.25) is 0 Å². The monoisotopic (exact) mass is 372 g/mol. The SMILES string of the molecule is Cc1nc(C)n(CC(=O)N2CCC[C@H](c3nc(C)n4c(C)csc34)C2)n1. The Hall–Kier alpha value is -2.22. The van der Waals surface area contributed by atoms with E-state index in [1.165, 1.54) is 10.5 Å². The minimum Gasteiger partial charge on any atom is -0.340 e. The smallest absolute Gasteiger partial charge is 0.244 e. The lowest BCUT2D eigenvalue weighted by atomic mass is 9.95. The molecule has 0 spiro atoms. The average molecular weight is 372 g/mol. The zero-order chi connectivity index (χ0) is 18.4. The van der Waals surface area contributed by atoms with E-state index < -0.39 is 0 Å². The van der Waals surface area contributed by atoms with Gasteiger partial charge in [0.15, 0.2) is 0 Å². The normalized spacial score (nSPS) is 18.0. The molecule has 0 N–H and O–H groups in total. The standard InChI is InChI=1S/C18H24N6OS/c1-11-10-26-18-17(20-14(4)24(11)18)15-6-5-7-22(8-15)16(25)9-23-13(3)19-12(2)21-23/h10,15H,5-9H2,1-4H3/t15-/m0/s1. The van der Waals surface area contributed by atoms with Crippen molar-refractivity contribution in [3.8, 4) is 0 Å². The van der Waals surface area contributed by atoms with Gasteiger partial charge in [-0.2, -0.15) is 5.10 Å². The Morgan fingerprint density at radius 1 is 1.23 bits per heavy atom. The van der Waals surface area contributed by atoms with E-state index in [2.05, 4.69) is 33.7 Å². The summed E-state index contributed by atoms with van der Waals surface area (Å²) in [4.78, 5) is 25.1. The van der Waals surface area contributed by atoms with Crippen molar-refractivity contribution in [3.05, 3.63) is 34.2 Å². The van der Waals surface area contributed by atoms with E-state index in [4.69, 9.17) is 4.98 Å². The van der Waals surface area contributed by atoms with Gasteiger partial charge in [0.1, 0.15) is 28.8 Å². The second-order valence-electron chi connectivity index (χ2n) is 7.10. The van der Waals surface area contributed by atoms with Crippen molar-refractivity contribution in [2.24, 2.45) is 0 Å². The molecule has 0 radical (unpaired) electrons. The Labute approximate surface area is 156 Å². The molecule has 3 aromatic heterocycles. The number of aromatic nitrogens is 5. The van der Waals surface area contributed by atoms with Crippen LogP contribution in [0.1, 0.15) is 47.6 Å². The number of aryl methyl sites for hydroxylation is 4. The van der Waals surface area contributed by atoms with Crippen LogP contribution in [0.4, 0.5) is 0 Å². The molecular formula is C18H24N6OS. The van der Waals surface area contributed by atoms with Gasteiger partial charge in [0.25, 0.3) is 0 Å². The molecule has 1 aliphatic rings. The molecule has 1 saturated heterocycles. The van der Waals surface area contributed by atoms with Crippen LogP contribution >= 0.6 is 11.3 Å². The van der Waals surface area contributed by atoms with Crippen molar-refractivity contribution in [2.45, 2.75) is 53.0 Å². The first-order chi connectivity index (χ1) is 12.4. The summed E-state index contributed by atoms with van der Waals surface area (Å²) in [6.07, 6.45) is 2.09. The number of piperidine rings is 1. The first-order valence-corrected chi connectivity index (χ1v) is 9.91. The van der Waals surface area contributed by atoms with Crippen molar-refractivity contribution in [1.82, 2.24) is 29.0 Å². The lowest BCUT2D eigenvalue weighted by Crippen LogP contribution is -2.41. The van der Waals surface area contributed by atoms with Crippen LogP contribution in [0, 0.1) is 27.7 Å².